The first-order valence-corrected chi connectivity index (χ1v) is 12.3. The number of anilines is 1. The van der Waals surface area contributed by atoms with Crippen molar-refractivity contribution in [1.29, 1.82) is 0 Å². The molecule has 2 fully saturated rings. The minimum atomic E-state index is -1.72. The monoisotopic (exact) mass is 489 g/mol. The van der Waals surface area contributed by atoms with Crippen molar-refractivity contribution in [3.63, 3.8) is 0 Å². The molecule has 0 unspecified atom stereocenters. The molecular weight excluding hydrogens is 460 g/mol. The molecule has 2 aromatic carbocycles. The van der Waals surface area contributed by atoms with E-state index in [9.17, 15) is 29.8 Å². The van der Waals surface area contributed by atoms with Crippen molar-refractivity contribution >= 4 is 37.2 Å². The van der Waals surface area contributed by atoms with Gasteiger partial charge in [0.25, 0.3) is 0 Å². The highest BCUT2D eigenvalue weighted by Crippen LogP contribution is 2.52. The Hall–Kier alpha value is -2.91. The zero-order chi connectivity index (χ0) is 25.9. The average Bonchev–Trinajstić information content (AvgIpc) is 3.11. The van der Waals surface area contributed by atoms with Crippen LogP contribution < -0.4 is 10.4 Å². The Labute approximate surface area is 210 Å². The van der Waals surface area contributed by atoms with Gasteiger partial charge in [0.1, 0.15) is 5.75 Å². The molecule has 5 rings (SSSR count). The second kappa shape index (κ2) is 9.19. The van der Waals surface area contributed by atoms with Crippen molar-refractivity contribution in [2.75, 3.05) is 4.90 Å². The lowest BCUT2D eigenvalue weighted by atomic mass is 9.55. The summed E-state index contributed by atoms with van der Waals surface area (Å²) in [5, 5.41) is 40.4. The van der Waals surface area contributed by atoms with E-state index in [0.29, 0.717) is 41.5 Å². The summed E-state index contributed by atoms with van der Waals surface area (Å²) in [7, 11) is -2.91. The van der Waals surface area contributed by atoms with E-state index in [2.05, 4.69) is 0 Å². The second-order valence-electron chi connectivity index (χ2n) is 10.1. The van der Waals surface area contributed by atoms with Crippen molar-refractivity contribution in [3.8, 4) is 5.75 Å². The SMILES string of the molecule is CCC1=C2B(O)O[C@H](c3cc(C)c(O)c(C)c3)C[C@H]2[C@H]2C(=O)N(c3cccc(B(O)O)c3)C(=O)[C@H]2C1. The largest absolute Gasteiger partial charge is 0.507 e. The van der Waals surface area contributed by atoms with Gasteiger partial charge in [0.15, 0.2) is 0 Å². The van der Waals surface area contributed by atoms with Crippen LogP contribution in [0.1, 0.15) is 49.0 Å². The van der Waals surface area contributed by atoms with Crippen LogP contribution in [0, 0.1) is 31.6 Å². The van der Waals surface area contributed by atoms with Gasteiger partial charge in [-0.25, -0.2) is 0 Å². The molecule has 2 aromatic rings. The van der Waals surface area contributed by atoms with E-state index in [0.717, 1.165) is 16.0 Å². The summed E-state index contributed by atoms with van der Waals surface area (Å²) in [5.74, 6) is -2.03. The Kier molecular flexibility index (Phi) is 6.32. The highest BCUT2D eigenvalue weighted by atomic mass is 16.5. The van der Waals surface area contributed by atoms with Gasteiger partial charge in [0.2, 0.25) is 11.8 Å². The summed E-state index contributed by atoms with van der Waals surface area (Å²) >= 11 is 0. The molecular formula is C26H29B2NO7. The number of benzene rings is 2. The number of hydrogen-bond donors (Lipinski definition) is 4. The first kappa shape index (κ1) is 24.8. The first-order valence-electron chi connectivity index (χ1n) is 12.3. The molecule has 1 aliphatic carbocycles. The lowest BCUT2D eigenvalue weighted by molar-refractivity contribution is -0.123. The summed E-state index contributed by atoms with van der Waals surface area (Å²) in [5.41, 5.74) is 4.33. The quantitative estimate of drug-likeness (QED) is 0.381. The number of rotatable bonds is 4. The third kappa shape index (κ3) is 3.89. The van der Waals surface area contributed by atoms with Crippen LogP contribution in [0.3, 0.4) is 0 Å². The maximum absolute atomic E-state index is 13.8. The van der Waals surface area contributed by atoms with Crippen LogP contribution in [0.5, 0.6) is 5.75 Å². The fourth-order valence-corrected chi connectivity index (χ4v) is 6.22. The number of amides is 2. The molecule has 3 aliphatic rings. The van der Waals surface area contributed by atoms with E-state index < -0.39 is 32.2 Å². The number of aromatic hydroxyl groups is 1. The number of phenols is 1. The molecule has 4 atom stereocenters. The van der Waals surface area contributed by atoms with E-state index >= 15 is 0 Å². The van der Waals surface area contributed by atoms with E-state index in [1.54, 1.807) is 26.0 Å². The fraction of sp³-hybridized carbons (Fsp3) is 0.385. The van der Waals surface area contributed by atoms with Crippen LogP contribution in [0.25, 0.3) is 0 Å². The Morgan fingerprint density at radius 3 is 2.42 bits per heavy atom. The number of hydrogen-bond acceptors (Lipinski definition) is 7. The van der Waals surface area contributed by atoms with E-state index in [1.165, 1.54) is 12.1 Å². The molecule has 0 saturated carbocycles. The number of fused-ring (bicyclic) bond motifs is 3. The zero-order valence-corrected chi connectivity index (χ0v) is 20.5. The molecule has 0 bridgehead atoms. The van der Waals surface area contributed by atoms with Crippen molar-refractivity contribution in [3.05, 3.63) is 64.1 Å². The van der Waals surface area contributed by atoms with Crippen molar-refractivity contribution < 1.29 is 34.4 Å². The van der Waals surface area contributed by atoms with Crippen molar-refractivity contribution in [2.24, 2.45) is 17.8 Å². The Bertz CT molecular complexity index is 1250. The van der Waals surface area contributed by atoms with Gasteiger partial charge >= 0.3 is 14.2 Å². The molecule has 36 heavy (non-hydrogen) atoms. The van der Waals surface area contributed by atoms with Gasteiger partial charge in [-0.3, -0.25) is 14.5 Å². The molecule has 2 amide bonds. The topological polar surface area (TPSA) is 128 Å². The number of imide groups is 1. The molecule has 4 N–H and O–H groups in total. The number of allylic oxidation sites excluding steroid dienone is 2. The number of carbonyl (C=O) groups excluding carboxylic acids is 2. The zero-order valence-electron chi connectivity index (χ0n) is 20.5. The van der Waals surface area contributed by atoms with Gasteiger partial charge in [-0.2, -0.15) is 0 Å². The number of aryl methyl sites for hydroxylation is 2. The first-order chi connectivity index (χ1) is 17.1. The summed E-state index contributed by atoms with van der Waals surface area (Å²) < 4.78 is 6.04. The summed E-state index contributed by atoms with van der Waals surface area (Å²) in [6.07, 6.45) is 0.918. The van der Waals surface area contributed by atoms with Gasteiger partial charge in [-0.1, -0.05) is 24.6 Å². The van der Waals surface area contributed by atoms with Gasteiger partial charge in [0.05, 0.1) is 23.6 Å². The smallest absolute Gasteiger partial charge is 0.488 e. The van der Waals surface area contributed by atoms with E-state index in [-0.39, 0.29) is 28.9 Å². The number of carbonyl (C=O) groups is 2. The highest BCUT2D eigenvalue weighted by Gasteiger charge is 2.58. The third-order valence-corrected chi connectivity index (χ3v) is 7.95. The minimum absolute atomic E-state index is 0.190. The Morgan fingerprint density at radius 1 is 1.08 bits per heavy atom. The van der Waals surface area contributed by atoms with Crippen LogP contribution >= 0.6 is 0 Å². The molecule has 2 saturated heterocycles. The normalized spacial score (nSPS) is 25.8. The molecule has 0 radical (unpaired) electrons. The summed E-state index contributed by atoms with van der Waals surface area (Å²) in [6.45, 7) is 5.57. The summed E-state index contributed by atoms with van der Waals surface area (Å²) in [4.78, 5) is 28.5. The van der Waals surface area contributed by atoms with E-state index in [1.807, 2.05) is 19.1 Å². The lowest BCUT2D eigenvalue weighted by Gasteiger charge is -2.42. The van der Waals surface area contributed by atoms with Crippen molar-refractivity contribution in [1.82, 2.24) is 0 Å². The predicted octanol–water partition coefficient (Wildman–Crippen LogP) is 1.70. The molecule has 186 valence electrons. The Balaban J connectivity index is 1.54. The van der Waals surface area contributed by atoms with Crippen LogP contribution in [0.2, 0.25) is 0 Å². The molecule has 10 heteroatoms. The van der Waals surface area contributed by atoms with Gasteiger partial charge in [0, 0.05) is 0 Å². The van der Waals surface area contributed by atoms with Crippen LogP contribution in [0.4, 0.5) is 5.69 Å². The second-order valence-corrected chi connectivity index (χ2v) is 10.1. The van der Waals surface area contributed by atoms with Crippen molar-refractivity contribution in [2.45, 2.75) is 46.1 Å². The maximum Gasteiger partial charge on any atom is 0.488 e. The minimum Gasteiger partial charge on any atom is -0.507 e. The third-order valence-electron chi connectivity index (χ3n) is 7.95. The molecule has 2 heterocycles. The fourth-order valence-electron chi connectivity index (χ4n) is 6.22. The standard InChI is InChI=1S/C26H29B2NO7/c1-4-15-10-20-22(26(32)29(25(20)31)18-7-5-6-17(11-18)27(33)34)19-12-21(36-28(35)23(15)19)16-8-13(2)24(30)14(3)9-16/h5-9,11,19-22,30,33-35H,4,10,12H2,1-3H3/t19-,20-,21-,22+/m0/s1. The van der Waals surface area contributed by atoms with Crippen LogP contribution in [-0.2, 0) is 14.2 Å². The summed E-state index contributed by atoms with van der Waals surface area (Å²) in [6, 6.07) is 9.80. The highest BCUT2D eigenvalue weighted by molar-refractivity contribution is 6.58. The number of nitrogens with zero attached hydrogens (tertiary/aromatic N) is 1. The Morgan fingerprint density at radius 2 is 1.78 bits per heavy atom. The van der Waals surface area contributed by atoms with Gasteiger partial charge < -0.3 is 24.8 Å². The van der Waals surface area contributed by atoms with Gasteiger partial charge in [-0.15, -0.1) is 0 Å². The van der Waals surface area contributed by atoms with E-state index in [4.69, 9.17) is 4.65 Å². The lowest BCUT2D eigenvalue weighted by Crippen LogP contribution is -2.44. The maximum atomic E-state index is 13.8. The average molecular weight is 489 g/mol. The molecule has 2 aliphatic heterocycles. The molecule has 8 nitrogen and oxygen atoms in total. The van der Waals surface area contributed by atoms with Crippen LogP contribution in [-0.4, -0.2) is 46.2 Å². The molecule has 0 spiro atoms. The molecule has 0 aromatic heterocycles. The van der Waals surface area contributed by atoms with Crippen LogP contribution in [0.15, 0.2) is 47.4 Å². The number of phenolic OH excluding ortho intramolecular Hbond substituents is 1. The van der Waals surface area contributed by atoms with Gasteiger partial charge in [-0.05, 0) is 90.9 Å². The predicted molar refractivity (Wildman–Crippen MR) is 135 cm³/mol.